The summed E-state index contributed by atoms with van der Waals surface area (Å²) in [6.07, 6.45) is 5.52. The molecular formula is C17H32O5Si. The van der Waals surface area contributed by atoms with Crippen LogP contribution >= 0.6 is 0 Å². The second kappa shape index (κ2) is 7.50. The lowest BCUT2D eigenvalue weighted by Crippen LogP contribution is -2.63. The van der Waals surface area contributed by atoms with E-state index in [9.17, 15) is 0 Å². The molecule has 6 atom stereocenters. The lowest BCUT2D eigenvalue weighted by molar-refractivity contribution is -0.00922. The van der Waals surface area contributed by atoms with Gasteiger partial charge in [-0.05, 0) is 43.1 Å². The maximum atomic E-state index is 6.03. The molecule has 3 aliphatic heterocycles. The van der Waals surface area contributed by atoms with Crippen molar-refractivity contribution < 1.29 is 23.1 Å². The van der Waals surface area contributed by atoms with Gasteiger partial charge in [0.15, 0.2) is 0 Å². The van der Waals surface area contributed by atoms with E-state index in [0.717, 1.165) is 38.5 Å². The SMILES string of the molecule is CCCC1C(CC2CO2)C(CC2CO2)C[Si](OC)(OC)C1OC. The molecular weight excluding hydrogens is 312 g/mol. The fourth-order valence-corrected chi connectivity index (χ4v) is 8.57. The monoisotopic (exact) mass is 344 g/mol. The number of hydrogen-bond donors (Lipinski definition) is 0. The molecule has 0 aromatic rings. The van der Waals surface area contributed by atoms with Gasteiger partial charge in [0.25, 0.3) is 0 Å². The van der Waals surface area contributed by atoms with Crippen molar-refractivity contribution in [3.63, 3.8) is 0 Å². The van der Waals surface area contributed by atoms with E-state index < -0.39 is 8.56 Å². The first kappa shape index (κ1) is 17.8. The summed E-state index contributed by atoms with van der Waals surface area (Å²) in [6, 6.07) is 1.01. The molecule has 3 saturated heterocycles. The van der Waals surface area contributed by atoms with Crippen molar-refractivity contribution in [2.24, 2.45) is 17.8 Å². The Morgan fingerprint density at radius 3 is 2.04 bits per heavy atom. The Balaban J connectivity index is 1.85. The maximum Gasteiger partial charge on any atom is 0.368 e. The Morgan fingerprint density at radius 1 is 0.957 bits per heavy atom. The Morgan fingerprint density at radius 2 is 1.57 bits per heavy atom. The largest absolute Gasteiger partial charge is 0.396 e. The van der Waals surface area contributed by atoms with Gasteiger partial charge in [-0.3, -0.25) is 0 Å². The fraction of sp³-hybridized carbons (Fsp3) is 1.00. The highest BCUT2D eigenvalue weighted by Gasteiger charge is 2.58. The summed E-state index contributed by atoms with van der Waals surface area (Å²) in [5, 5.41) is 0. The molecule has 0 N–H and O–H groups in total. The first-order valence-corrected chi connectivity index (χ1v) is 11.1. The van der Waals surface area contributed by atoms with E-state index in [-0.39, 0.29) is 5.73 Å². The Kier molecular flexibility index (Phi) is 5.81. The molecule has 3 heterocycles. The van der Waals surface area contributed by atoms with E-state index in [1.165, 1.54) is 6.42 Å². The zero-order valence-electron chi connectivity index (χ0n) is 15.0. The Bertz CT molecular complexity index is 381. The van der Waals surface area contributed by atoms with Crippen molar-refractivity contribution in [2.75, 3.05) is 34.5 Å². The van der Waals surface area contributed by atoms with Crippen LogP contribution in [0.4, 0.5) is 0 Å². The standard InChI is InChI=1S/C17H32O5Si/c1-5-6-15-16(8-14-10-22-14)12(7-13-9-21-13)11-23(19-3,20-4)17(15)18-2/h12-17H,5-11H2,1-4H3. The van der Waals surface area contributed by atoms with E-state index in [2.05, 4.69) is 6.92 Å². The average Bonchev–Trinajstić information content (AvgIpc) is 3.45. The van der Waals surface area contributed by atoms with Crippen LogP contribution in [0.25, 0.3) is 0 Å². The molecule has 0 aromatic carbocycles. The van der Waals surface area contributed by atoms with E-state index in [0.29, 0.717) is 30.0 Å². The third kappa shape index (κ3) is 3.83. The molecule has 23 heavy (non-hydrogen) atoms. The molecule has 0 amide bonds. The van der Waals surface area contributed by atoms with Crippen LogP contribution in [0.2, 0.25) is 6.04 Å². The molecule has 0 radical (unpaired) electrons. The zero-order chi connectivity index (χ0) is 16.4. The highest BCUT2D eigenvalue weighted by Crippen LogP contribution is 2.49. The van der Waals surface area contributed by atoms with Gasteiger partial charge in [0, 0.05) is 21.3 Å². The van der Waals surface area contributed by atoms with Crippen LogP contribution in [0.1, 0.15) is 32.6 Å². The lowest BCUT2D eigenvalue weighted by atomic mass is 9.75. The van der Waals surface area contributed by atoms with Crippen molar-refractivity contribution >= 4 is 8.56 Å². The second-order valence-electron chi connectivity index (χ2n) is 7.34. The molecule has 3 rings (SSSR count). The molecule has 6 unspecified atom stereocenters. The van der Waals surface area contributed by atoms with Crippen LogP contribution < -0.4 is 0 Å². The maximum absolute atomic E-state index is 6.03. The minimum Gasteiger partial charge on any atom is -0.396 e. The molecule has 0 aliphatic carbocycles. The predicted octanol–water partition coefficient (Wildman–Crippen LogP) is 2.52. The van der Waals surface area contributed by atoms with Gasteiger partial charge >= 0.3 is 8.56 Å². The Hall–Kier alpha value is 0.0169. The van der Waals surface area contributed by atoms with Gasteiger partial charge in [-0.1, -0.05) is 13.3 Å². The summed E-state index contributed by atoms with van der Waals surface area (Å²) in [7, 11) is 3.08. The third-order valence-corrected chi connectivity index (χ3v) is 10.0. The van der Waals surface area contributed by atoms with E-state index in [1.54, 1.807) is 14.2 Å². The number of hydrogen-bond acceptors (Lipinski definition) is 5. The van der Waals surface area contributed by atoms with Gasteiger partial charge in [0.2, 0.25) is 0 Å². The summed E-state index contributed by atoms with van der Waals surface area (Å²) in [5.41, 5.74) is 0.109. The predicted molar refractivity (Wildman–Crippen MR) is 89.5 cm³/mol. The molecule has 0 aromatic heterocycles. The smallest absolute Gasteiger partial charge is 0.368 e. The quantitative estimate of drug-likeness (QED) is 0.475. The first-order valence-electron chi connectivity index (χ1n) is 9.03. The van der Waals surface area contributed by atoms with Crippen LogP contribution in [0, 0.1) is 17.8 Å². The average molecular weight is 345 g/mol. The fourth-order valence-electron chi connectivity index (χ4n) is 4.74. The summed E-state index contributed by atoms with van der Waals surface area (Å²) in [5.74, 6) is 1.72. The Labute approximate surface area is 141 Å². The van der Waals surface area contributed by atoms with E-state index in [1.807, 2.05) is 7.11 Å². The summed E-state index contributed by atoms with van der Waals surface area (Å²) in [6.45, 7) is 4.11. The van der Waals surface area contributed by atoms with Crippen LogP contribution in [0.5, 0.6) is 0 Å². The normalized spacial score (nSPS) is 41.7. The summed E-state index contributed by atoms with van der Waals surface area (Å²) >= 11 is 0. The van der Waals surface area contributed by atoms with Gasteiger partial charge < -0.3 is 23.1 Å². The number of epoxide rings is 2. The molecule has 0 spiro atoms. The molecule has 134 valence electrons. The molecule has 3 fully saturated rings. The second-order valence-corrected chi connectivity index (χ2v) is 10.8. The molecule has 5 nitrogen and oxygen atoms in total. The highest BCUT2D eigenvalue weighted by molar-refractivity contribution is 6.69. The van der Waals surface area contributed by atoms with Crippen molar-refractivity contribution in [3.05, 3.63) is 0 Å². The van der Waals surface area contributed by atoms with Crippen molar-refractivity contribution in [2.45, 2.75) is 56.6 Å². The topological polar surface area (TPSA) is 52.8 Å². The molecule has 6 heteroatoms. The van der Waals surface area contributed by atoms with Gasteiger partial charge in [-0.15, -0.1) is 0 Å². The molecule has 0 bridgehead atoms. The number of methoxy groups -OCH3 is 1. The lowest BCUT2D eigenvalue weighted by Gasteiger charge is -2.50. The summed E-state index contributed by atoms with van der Waals surface area (Å²) in [4.78, 5) is 0. The minimum absolute atomic E-state index is 0.109. The molecule has 0 saturated carbocycles. The van der Waals surface area contributed by atoms with Crippen LogP contribution in [-0.2, 0) is 23.1 Å². The third-order valence-electron chi connectivity index (χ3n) is 6.00. The number of rotatable bonds is 9. The van der Waals surface area contributed by atoms with Crippen LogP contribution in [0.3, 0.4) is 0 Å². The van der Waals surface area contributed by atoms with E-state index in [4.69, 9.17) is 23.1 Å². The number of ether oxygens (including phenoxy) is 3. The van der Waals surface area contributed by atoms with Crippen LogP contribution in [-0.4, -0.2) is 61.0 Å². The van der Waals surface area contributed by atoms with Gasteiger partial charge in [0.05, 0.1) is 25.4 Å². The van der Waals surface area contributed by atoms with Gasteiger partial charge in [-0.25, -0.2) is 0 Å². The van der Waals surface area contributed by atoms with Crippen molar-refractivity contribution in [1.29, 1.82) is 0 Å². The zero-order valence-corrected chi connectivity index (χ0v) is 16.0. The van der Waals surface area contributed by atoms with Crippen molar-refractivity contribution in [3.8, 4) is 0 Å². The van der Waals surface area contributed by atoms with Crippen LogP contribution in [0.15, 0.2) is 0 Å². The minimum atomic E-state index is -2.35. The van der Waals surface area contributed by atoms with Gasteiger partial charge in [-0.2, -0.15) is 0 Å². The van der Waals surface area contributed by atoms with Gasteiger partial charge in [0.1, 0.15) is 5.73 Å². The summed E-state index contributed by atoms with van der Waals surface area (Å²) < 4.78 is 29.1. The highest BCUT2D eigenvalue weighted by atomic mass is 28.4. The molecule has 3 aliphatic rings. The van der Waals surface area contributed by atoms with Crippen molar-refractivity contribution in [1.82, 2.24) is 0 Å². The first-order chi connectivity index (χ1) is 11.2. The van der Waals surface area contributed by atoms with E-state index >= 15 is 0 Å².